The molecule has 0 heterocycles. The maximum absolute atomic E-state index is 11.0. The van der Waals surface area contributed by atoms with Gasteiger partial charge in [-0.2, -0.15) is 0 Å². The van der Waals surface area contributed by atoms with Crippen LogP contribution in [0.15, 0.2) is 18.2 Å². The molecule has 0 saturated heterocycles. The summed E-state index contributed by atoms with van der Waals surface area (Å²) in [5.41, 5.74) is 0.239. The standard InChI is InChI=1S/C12H14O5/c1-8(13)10-5-4-9(7-11(10)14)17-6-2-3-12(15)16/h4-5,7,14H,2-3,6H2,1H3,(H,15,16). The molecule has 5 heteroatoms. The summed E-state index contributed by atoms with van der Waals surface area (Å²) in [6.45, 7) is 1.62. The second-order valence-electron chi connectivity index (χ2n) is 3.58. The van der Waals surface area contributed by atoms with Crippen molar-refractivity contribution in [1.82, 2.24) is 0 Å². The van der Waals surface area contributed by atoms with Crippen molar-refractivity contribution >= 4 is 11.8 Å². The topological polar surface area (TPSA) is 83.8 Å². The Morgan fingerprint density at radius 2 is 2.06 bits per heavy atom. The number of carboxylic acids is 1. The minimum atomic E-state index is -0.872. The minimum Gasteiger partial charge on any atom is -0.507 e. The van der Waals surface area contributed by atoms with E-state index in [4.69, 9.17) is 9.84 Å². The van der Waals surface area contributed by atoms with Gasteiger partial charge in [0, 0.05) is 12.5 Å². The van der Waals surface area contributed by atoms with Crippen LogP contribution < -0.4 is 4.74 Å². The van der Waals surface area contributed by atoms with Crippen molar-refractivity contribution in [1.29, 1.82) is 0 Å². The number of hydrogen-bond donors (Lipinski definition) is 2. The fraction of sp³-hybridized carbons (Fsp3) is 0.333. The Labute approximate surface area is 98.6 Å². The Hall–Kier alpha value is -2.04. The van der Waals surface area contributed by atoms with E-state index < -0.39 is 5.97 Å². The highest BCUT2D eigenvalue weighted by atomic mass is 16.5. The summed E-state index contributed by atoms with van der Waals surface area (Å²) in [4.78, 5) is 21.3. The number of phenols is 1. The van der Waals surface area contributed by atoms with E-state index >= 15 is 0 Å². The zero-order valence-electron chi connectivity index (χ0n) is 9.47. The lowest BCUT2D eigenvalue weighted by Crippen LogP contribution is -2.02. The Kier molecular flexibility index (Phi) is 4.51. The number of aliphatic carboxylic acids is 1. The van der Waals surface area contributed by atoms with E-state index in [0.29, 0.717) is 12.2 Å². The quantitative estimate of drug-likeness (QED) is 0.583. The largest absolute Gasteiger partial charge is 0.507 e. The first-order valence-electron chi connectivity index (χ1n) is 5.19. The van der Waals surface area contributed by atoms with Gasteiger partial charge in [-0.3, -0.25) is 9.59 Å². The molecule has 0 aromatic heterocycles. The van der Waals surface area contributed by atoms with Gasteiger partial charge in [-0.15, -0.1) is 0 Å². The summed E-state index contributed by atoms with van der Waals surface area (Å²) in [7, 11) is 0. The van der Waals surface area contributed by atoms with E-state index in [1.165, 1.54) is 19.1 Å². The molecular weight excluding hydrogens is 224 g/mol. The summed E-state index contributed by atoms with van der Waals surface area (Å²) >= 11 is 0. The molecule has 1 aromatic rings. The second kappa shape index (κ2) is 5.89. The molecular formula is C12H14O5. The fourth-order valence-electron chi connectivity index (χ4n) is 1.31. The van der Waals surface area contributed by atoms with Gasteiger partial charge in [-0.05, 0) is 25.5 Å². The number of ether oxygens (including phenoxy) is 1. The van der Waals surface area contributed by atoms with Gasteiger partial charge >= 0.3 is 5.97 Å². The van der Waals surface area contributed by atoms with Crippen LogP contribution in [0.4, 0.5) is 0 Å². The number of ketones is 1. The highest BCUT2D eigenvalue weighted by molar-refractivity contribution is 5.96. The van der Waals surface area contributed by atoms with Crippen molar-refractivity contribution < 1.29 is 24.5 Å². The zero-order valence-corrected chi connectivity index (χ0v) is 9.47. The number of aromatic hydroxyl groups is 1. The lowest BCUT2D eigenvalue weighted by Gasteiger charge is -2.07. The third-order valence-electron chi connectivity index (χ3n) is 2.15. The summed E-state index contributed by atoms with van der Waals surface area (Å²) in [5, 5.41) is 17.9. The Bertz CT molecular complexity index is 425. The average Bonchev–Trinajstić information content (AvgIpc) is 2.23. The molecule has 92 valence electrons. The van der Waals surface area contributed by atoms with Crippen LogP contribution in [-0.4, -0.2) is 28.6 Å². The van der Waals surface area contributed by atoms with Gasteiger partial charge in [0.15, 0.2) is 5.78 Å². The normalized spacial score (nSPS) is 9.94. The molecule has 2 N–H and O–H groups in total. The third-order valence-corrected chi connectivity index (χ3v) is 2.15. The highest BCUT2D eigenvalue weighted by Gasteiger charge is 2.07. The van der Waals surface area contributed by atoms with Crippen LogP contribution in [0.5, 0.6) is 11.5 Å². The smallest absolute Gasteiger partial charge is 0.303 e. The SMILES string of the molecule is CC(=O)c1ccc(OCCCC(=O)O)cc1O. The van der Waals surface area contributed by atoms with Gasteiger partial charge in [0.1, 0.15) is 11.5 Å². The molecule has 1 rings (SSSR count). The Morgan fingerprint density at radius 3 is 2.59 bits per heavy atom. The maximum Gasteiger partial charge on any atom is 0.303 e. The molecule has 0 fully saturated rings. The van der Waals surface area contributed by atoms with Crippen LogP contribution in [0, 0.1) is 0 Å². The average molecular weight is 238 g/mol. The Balaban J connectivity index is 2.53. The second-order valence-corrected chi connectivity index (χ2v) is 3.58. The molecule has 0 aliphatic rings. The zero-order chi connectivity index (χ0) is 12.8. The molecule has 5 nitrogen and oxygen atoms in total. The van der Waals surface area contributed by atoms with Crippen LogP contribution in [0.3, 0.4) is 0 Å². The third kappa shape index (κ3) is 4.14. The summed E-state index contributed by atoms with van der Waals surface area (Å²) in [5.74, 6) is -0.811. The van der Waals surface area contributed by atoms with Gasteiger partial charge in [0.25, 0.3) is 0 Å². The molecule has 0 atom stereocenters. The number of carbonyl (C=O) groups excluding carboxylic acids is 1. The maximum atomic E-state index is 11.0. The van der Waals surface area contributed by atoms with E-state index in [9.17, 15) is 14.7 Å². The summed E-state index contributed by atoms with van der Waals surface area (Å²) < 4.78 is 5.24. The molecule has 0 aliphatic heterocycles. The van der Waals surface area contributed by atoms with Crippen molar-refractivity contribution in [2.45, 2.75) is 19.8 Å². The van der Waals surface area contributed by atoms with Gasteiger partial charge in [-0.1, -0.05) is 0 Å². The number of benzene rings is 1. The van der Waals surface area contributed by atoms with Gasteiger partial charge in [-0.25, -0.2) is 0 Å². The molecule has 1 aromatic carbocycles. The minimum absolute atomic E-state index is 0.0392. The van der Waals surface area contributed by atoms with E-state index in [0.717, 1.165) is 0 Å². The van der Waals surface area contributed by atoms with Crippen LogP contribution in [0.1, 0.15) is 30.1 Å². The first-order chi connectivity index (χ1) is 8.00. The van der Waals surface area contributed by atoms with Crippen molar-refractivity contribution in [3.05, 3.63) is 23.8 Å². The van der Waals surface area contributed by atoms with Crippen LogP contribution in [0.2, 0.25) is 0 Å². The van der Waals surface area contributed by atoms with E-state index in [2.05, 4.69) is 0 Å². The van der Waals surface area contributed by atoms with E-state index in [1.807, 2.05) is 0 Å². The van der Waals surface area contributed by atoms with Crippen LogP contribution in [0.25, 0.3) is 0 Å². The molecule has 0 saturated carbocycles. The fourth-order valence-corrected chi connectivity index (χ4v) is 1.31. The lowest BCUT2D eigenvalue weighted by atomic mass is 10.1. The van der Waals surface area contributed by atoms with Crippen molar-refractivity contribution in [3.63, 3.8) is 0 Å². The molecule has 17 heavy (non-hydrogen) atoms. The predicted octanol–water partition coefficient (Wildman–Crippen LogP) is 1.84. The van der Waals surface area contributed by atoms with Crippen molar-refractivity contribution in [2.75, 3.05) is 6.61 Å². The van der Waals surface area contributed by atoms with E-state index in [1.54, 1.807) is 6.07 Å². The Morgan fingerprint density at radius 1 is 1.35 bits per heavy atom. The van der Waals surface area contributed by atoms with E-state index in [-0.39, 0.29) is 30.1 Å². The first-order valence-corrected chi connectivity index (χ1v) is 5.19. The number of Topliss-reactive ketones (excluding diaryl/α,β-unsaturated/α-hetero) is 1. The van der Waals surface area contributed by atoms with Gasteiger partial charge < -0.3 is 14.9 Å². The predicted molar refractivity (Wildman–Crippen MR) is 60.5 cm³/mol. The molecule has 0 bridgehead atoms. The van der Waals surface area contributed by atoms with Crippen LogP contribution in [-0.2, 0) is 4.79 Å². The molecule has 0 unspecified atom stereocenters. The molecule has 0 aliphatic carbocycles. The highest BCUT2D eigenvalue weighted by Crippen LogP contribution is 2.24. The molecule has 0 spiro atoms. The summed E-state index contributed by atoms with van der Waals surface area (Å²) in [6.07, 6.45) is 0.433. The van der Waals surface area contributed by atoms with Crippen molar-refractivity contribution in [3.8, 4) is 11.5 Å². The van der Waals surface area contributed by atoms with Gasteiger partial charge in [0.2, 0.25) is 0 Å². The number of hydrogen-bond acceptors (Lipinski definition) is 4. The number of phenolic OH excluding ortho intramolecular Hbond substituents is 1. The number of carbonyl (C=O) groups is 2. The van der Waals surface area contributed by atoms with Crippen molar-refractivity contribution in [2.24, 2.45) is 0 Å². The number of rotatable bonds is 6. The van der Waals surface area contributed by atoms with Gasteiger partial charge in [0.05, 0.1) is 12.2 Å². The molecule has 0 radical (unpaired) electrons. The molecule has 0 amide bonds. The van der Waals surface area contributed by atoms with Crippen LogP contribution >= 0.6 is 0 Å². The number of carboxylic acid groups (broad SMARTS) is 1. The monoisotopic (exact) mass is 238 g/mol. The summed E-state index contributed by atoms with van der Waals surface area (Å²) in [6, 6.07) is 4.39. The lowest BCUT2D eigenvalue weighted by molar-refractivity contribution is -0.137. The first kappa shape index (κ1) is 13.0.